The third-order valence-electron chi connectivity index (χ3n) is 2.14. The number of aliphatic hydroxyl groups excluding tert-OH is 1. The SMILES string of the molecule is COc1ccc(F)cc1C(=O)CSCCCO. The van der Waals surface area contributed by atoms with E-state index in [2.05, 4.69) is 0 Å². The minimum absolute atomic E-state index is 0.116. The summed E-state index contributed by atoms with van der Waals surface area (Å²) in [5, 5.41) is 8.60. The lowest BCUT2D eigenvalue weighted by atomic mass is 10.1. The van der Waals surface area contributed by atoms with Gasteiger partial charge >= 0.3 is 0 Å². The van der Waals surface area contributed by atoms with E-state index in [4.69, 9.17) is 9.84 Å². The molecule has 0 aromatic heterocycles. The summed E-state index contributed by atoms with van der Waals surface area (Å²) < 4.78 is 18.1. The molecule has 0 fully saturated rings. The van der Waals surface area contributed by atoms with Gasteiger partial charge < -0.3 is 9.84 Å². The maximum absolute atomic E-state index is 13.0. The highest BCUT2D eigenvalue weighted by atomic mass is 32.2. The molecule has 17 heavy (non-hydrogen) atoms. The number of hydrogen-bond acceptors (Lipinski definition) is 4. The second-order valence-corrected chi connectivity index (χ2v) is 4.50. The van der Waals surface area contributed by atoms with E-state index in [1.165, 1.54) is 37.1 Å². The normalized spacial score (nSPS) is 10.3. The molecule has 0 amide bonds. The van der Waals surface area contributed by atoms with Crippen molar-refractivity contribution in [2.24, 2.45) is 0 Å². The molecule has 5 heteroatoms. The summed E-state index contributed by atoms with van der Waals surface area (Å²) in [7, 11) is 1.45. The van der Waals surface area contributed by atoms with E-state index in [1.807, 2.05) is 0 Å². The number of ketones is 1. The molecule has 1 aromatic carbocycles. The standard InChI is InChI=1S/C12H15FO3S/c1-16-12-4-3-9(13)7-10(12)11(15)8-17-6-2-5-14/h3-4,7,14H,2,5-6,8H2,1H3. The van der Waals surface area contributed by atoms with Crippen LogP contribution in [0.1, 0.15) is 16.8 Å². The van der Waals surface area contributed by atoms with Gasteiger partial charge in [-0.3, -0.25) is 4.79 Å². The third kappa shape index (κ3) is 4.36. The number of halogens is 1. The van der Waals surface area contributed by atoms with Gasteiger partial charge in [-0.2, -0.15) is 11.8 Å². The van der Waals surface area contributed by atoms with Crippen LogP contribution in [0.4, 0.5) is 4.39 Å². The van der Waals surface area contributed by atoms with Crippen LogP contribution in [-0.2, 0) is 0 Å². The molecule has 1 aromatic rings. The zero-order valence-corrected chi connectivity index (χ0v) is 10.4. The molecule has 0 atom stereocenters. The number of hydrogen-bond donors (Lipinski definition) is 1. The maximum Gasteiger partial charge on any atom is 0.176 e. The quantitative estimate of drug-likeness (QED) is 0.601. The number of Topliss-reactive ketones (excluding diaryl/α,β-unsaturated/α-hetero) is 1. The van der Waals surface area contributed by atoms with Crippen LogP contribution in [0.2, 0.25) is 0 Å². The summed E-state index contributed by atoms with van der Waals surface area (Å²) in [6, 6.07) is 3.89. The lowest BCUT2D eigenvalue weighted by molar-refractivity contribution is 0.101. The van der Waals surface area contributed by atoms with Crippen molar-refractivity contribution in [3.63, 3.8) is 0 Å². The zero-order valence-electron chi connectivity index (χ0n) is 9.61. The first-order chi connectivity index (χ1) is 8.19. The van der Waals surface area contributed by atoms with Gasteiger partial charge in [-0.05, 0) is 30.4 Å². The Bertz CT molecular complexity index is 382. The molecule has 0 aliphatic rings. The van der Waals surface area contributed by atoms with E-state index in [1.54, 1.807) is 0 Å². The Labute approximate surface area is 104 Å². The summed E-state index contributed by atoms with van der Waals surface area (Å²) in [4.78, 5) is 11.8. The molecule has 0 heterocycles. The Hall–Kier alpha value is -1.07. The largest absolute Gasteiger partial charge is 0.496 e. The summed E-state index contributed by atoms with van der Waals surface area (Å²) in [5.74, 6) is 0.748. The number of aliphatic hydroxyl groups is 1. The van der Waals surface area contributed by atoms with Crippen LogP contribution >= 0.6 is 11.8 Å². The molecule has 3 nitrogen and oxygen atoms in total. The molecule has 0 unspecified atom stereocenters. The molecule has 1 N–H and O–H groups in total. The first-order valence-corrected chi connectivity index (χ1v) is 6.40. The minimum atomic E-state index is -0.450. The second-order valence-electron chi connectivity index (χ2n) is 3.40. The number of thioether (sulfide) groups is 1. The van der Waals surface area contributed by atoms with Gasteiger partial charge in [0.05, 0.1) is 18.4 Å². The fourth-order valence-corrected chi connectivity index (χ4v) is 2.13. The van der Waals surface area contributed by atoms with Crippen molar-refractivity contribution >= 4 is 17.5 Å². The third-order valence-corrected chi connectivity index (χ3v) is 3.19. The van der Waals surface area contributed by atoms with Gasteiger partial charge in [0, 0.05) is 6.61 Å². The van der Waals surface area contributed by atoms with Gasteiger partial charge in [0.1, 0.15) is 11.6 Å². The van der Waals surface area contributed by atoms with Crippen LogP contribution in [0.5, 0.6) is 5.75 Å². The van der Waals surface area contributed by atoms with Crippen molar-refractivity contribution in [1.29, 1.82) is 0 Å². The van der Waals surface area contributed by atoms with E-state index in [-0.39, 0.29) is 23.7 Å². The van der Waals surface area contributed by atoms with Crippen molar-refractivity contribution in [3.8, 4) is 5.75 Å². The van der Waals surface area contributed by atoms with Crippen LogP contribution in [0.25, 0.3) is 0 Å². The molecule has 0 bridgehead atoms. The molecular formula is C12H15FO3S. The van der Waals surface area contributed by atoms with Crippen LogP contribution in [0.3, 0.4) is 0 Å². The van der Waals surface area contributed by atoms with Gasteiger partial charge in [0.2, 0.25) is 0 Å². The molecule has 0 saturated heterocycles. The minimum Gasteiger partial charge on any atom is -0.496 e. The lowest BCUT2D eigenvalue weighted by Gasteiger charge is -2.07. The van der Waals surface area contributed by atoms with Crippen molar-refractivity contribution in [2.45, 2.75) is 6.42 Å². The molecule has 94 valence electrons. The Balaban J connectivity index is 2.64. The number of carbonyl (C=O) groups is 1. The summed E-state index contributed by atoms with van der Waals surface area (Å²) >= 11 is 1.42. The monoisotopic (exact) mass is 258 g/mol. The van der Waals surface area contributed by atoms with E-state index in [9.17, 15) is 9.18 Å². The topological polar surface area (TPSA) is 46.5 Å². The lowest BCUT2D eigenvalue weighted by Crippen LogP contribution is -2.06. The van der Waals surface area contributed by atoms with Gasteiger partial charge in [-0.1, -0.05) is 0 Å². The molecule has 0 aliphatic carbocycles. The van der Waals surface area contributed by atoms with Crippen molar-refractivity contribution in [2.75, 3.05) is 25.2 Å². The molecular weight excluding hydrogens is 243 g/mol. The first kappa shape index (κ1) is 14.0. The average molecular weight is 258 g/mol. The molecule has 0 radical (unpaired) electrons. The number of methoxy groups -OCH3 is 1. The predicted molar refractivity (Wildman–Crippen MR) is 66.3 cm³/mol. The van der Waals surface area contributed by atoms with Crippen molar-refractivity contribution in [3.05, 3.63) is 29.6 Å². The van der Waals surface area contributed by atoms with Gasteiger partial charge in [-0.15, -0.1) is 0 Å². The molecule has 0 spiro atoms. The molecule has 0 aliphatic heterocycles. The van der Waals surface area contributed by atoms with Crippen LogP contribution in [0.15, 0.2) is 18.2 Å². The van der Waals surface area contributed by atoms with Crippen LogP contribution in [-0.4, -0.2) is 36.1 Å². The second kappa shape index (κ2) is 7.29. The van der Waals surface area contributed by atoms with Gasteiger partial charge in [-0.25, -0.2) is 4.39 Å². The van der Waals surface area contributed by atoms with E-state index in [0.29, 0.717) is 17.9 Å². The Kier molecular flexibility index (Phi) is 6.00. The highest BCUT2D eigenvalue weighted by molar-refractivity contribution is 7.99. The smallest absolute Gasteiger partial charge is 0.176 e. The number of benzene rings is 1. The van der Waals surface area contributed by atoms with Crippen LogP contribution < -0.4 is 4.74 Å². The number of ether oxygens (including phenoxy) is 1. The summed E-state index contributed by atoms with van der Waals surface area (Å²) in [5.41, 5.74) is 0.268. The predicted octanol–water partition coefficient (Wildman–Crippen LogP) is 2.13. The Morgan fingerprint density at radius 1 is 1.53 bits per heavy atom. The van der Waals surface area contributed by atoms with Crippen molar-refractivity contribution in [1.82, 2.24) is 0 Å². The Morgan fingerprint density at radius 3 is 2.94 bits per heavy atom. The van der Waals surface area contributed by atoms with Gasteiger partial charge in [0.15, 0.2) is 5.78 Å². The molecule has 1 rings (SSSR count). The Morgan fingerprint density at radius 2 is 2.29 bits per heavy atom. The van der Waals surface area contributed by atoms with Crippen LogP contribution in [0, 0.1) is 5.82 Å². The van der Waals surface area contributed by atoms with Crippen molar-refractivity contribution < 1.29 is 19.0 Å². The summed E-state index contributed by atoms with van der Waals surface area (Å²) in [6.07, 6.45) is 0.651. The zero-order chi connectivity index (χ0) is 12.7. The highest BCUT2D eigenvalue weighted by Gasteiger charge is 2.13. The van der Waals surface area contributed by atoms with E-state index < -0.39 is 5.82 Å². The summed E-state index contributed by atoms with van der Waals surface area (Å²) in [6.45, 7) is 0.116. The van der Waals surface area contributed by atoms with Gasteiger partial charge in [0.25, 0.3) is 0 Å². The highest BCUT2D eigenvalue weighted by Crippen LogP contribution is 2.21. The first-order valence-electron chi connectivity index (χ1n) is 5.24. The van der Waals surface area contributed by atoms with E-state index in [0.717, 1.165) is 0 Å². The number of rotatable bonds is 7. The fourth-order valence-electron chi connectivity index (χ4n) is 1.31. The van der Waals surface area contributed by atoms with E-state index >= 15 is 0 Å². The average Bonchev–Trinajstić information content (AvgIpc) is 2.34. The number of carbonyl (C=O) groups excluding carboxylic acids is 1. The molecule has 0 saturated carbocycles. The maximum atomic E-state index is 13.0. The fraction of sp³-hybridized carbons (Fsp3) is 0.417.